The third-order valence-corrected chi connectivity index (χ3v) is 12.5. The highest BCUT2D eigenvalue weighted by Gasteiger charge is 2.01. The van der Waals surface area contributed by atoms with E-state index in [1.807, 2.05) is 23.5 Å². The van der Waals surface area contributed by atoms with Crippen LogP contribution in [-0.2, 0) is 25.7 Å². The Hall–Kier alpha value is -2.07. The van der Waals surface area contributed by atoms with Gasteiger partial charge in [-0.1, -0.05) is 149 Å². The van der Waals surface area contributed by atoms with E-state index in [9.17, 15) is 0 Å². The Labute approximate surface area is 313 Å². The van der Waals surface area contributed by atoms with Gasteiger partial charge in [0.05, 0.1) is 0 Å². The molecular weight excluding hydrogens is 649 g/mol. The van der Waals surface area contributed by atoms with Gasteiger partial charge in [0.2, 0.25) is 0 Å². The average Bonchev–Trinajstić information content (AvgIpc) is 3.14. The third kappa shape index (κ3) is 19.2. The van der Waals surface area contributed by atoms with Gasteiger partial charge in [0.25, 0.3) is 0 Å². The summed E-state index contributed by atoms with van der Waals surface area (Å²) < 4.78 is 0. The van der Waals surface area contributed by atoms with E-state index < -0.39 is 0 Å². The number of benzene rings is 4. The highest BCUT2D eigenvalue weighted by molar-refractivity contribution is 7.99. The highest BCUT2D eigenvalue weighted by atomic mass is 32.2. The molecule has 0 radical (unpaired) electrons. The molecule has 0 aliphatic heterocycles. The Morgan fingerprint density at radius 2 is 0.571 bits per heavy atom. The summed E-state index contributed by atoms with van der Waals surface area (Å²) in [5.41, 5.74) is 5.94. The fourth-order valence-electron chi connectivity index (χ4n) is 6.29. The van der Waals surface area contributed by atoms with Gasteiger partial charge in [-0.25, -0.2) is 0 Å². The van der Waals surface area contributed by atoms with E-state index in [0.29, 0.717) is 0 Å². The van der Waals surface area contributed by atoms with Crippen molar-refractivity contribution in [2.24, 2.45) is 0 Å². The second kappa shape index (κ2) is 26.7. The van der Waals surface area contributed by atoms with Crippen molar-refractivity contribution in [1.82, 2.24) is 0 Å². The van der Waals surface area contributed by atoms with Crippen molar-refractivity contribution in [1.29, 1.82) is 0 Å². The number of hydrogen-bond donors (Lipinski definition) is 0. The normalized spacial score (nSPS) is 11.3. The molecule has 0 amide bonds. The number of thioether (sulfide) groups is 3. The van der Waals surface area contributed by atoms with Gasteiger partial charge in [-0.05, 0) is 109 Å². The fourth-order valence-corrected chi connectivity index (χ4v) is 9.16. The summed E-state index contributed by atoms with van der Waals surface area (Å²) in [4.78, 5) is 2.74. The second-order valence-electron chi connectivity index (χ2n) is 13.5. The van der Waals surface area contributed by atoms with Gasteiger partial charge in [-0.2, -0.15) is 11.8 Å². The van der Waals surface area contributed by atoms with Crippen molar-refractivity contribution in [2.75, 3.05) is 23.0 Å². The lowest BCUT2D eigenvalue weighted by molar-refractivity contribution is 0.589. The standard InChI is InChI=1S/C46H62S3/c1(3-7-13-21-41-27-31-43(32-28-41)35-39-48-45-23-15-11-16-24-45)5-9-19-37-47-38-20-10-6-2-4-8-14-22-42-29-33-44(34-30-42)36-40-49-46-25-17-12-18-26-46/h11-12,15-18,23-34H,1-10,13-14,19-22,35-40H2. The molecule has 49 heavy (non-hydrogen) atoms. The summed E-state index contributed by atoms with van der Waals surface area (Å²) in [6, 6.07) is 40.3. The third-order valence-electron chi connectivity index (χ3n) is 9.36. The molecule has 264 valence electrons. The molecule has 3 heteroatoms. The van der Waals surface area contributed by atoms with E-state index in [0.717, 1.165) is 24.3 Å². The minimum atomic E-state index is 1.15. The summed E-state index contributed by atoms with van der Waals surface area (Å²) in [5, 5.41) is 0. The van der Waals surface area contributed by atoms with Crippen LogP contribution in [-0.4, -0.2) is 23.0 Å². The molecule has 0 N–H and O–H groups in total. The van der Waals surface area contributed by atoms with E-state index in [-0.39, 0.29) is 0 Å². The van der Waals surface area contributed by atoms with Crippen molar-refractivity contribution in [2.45, 2.75) is 125 Å². The van der Waals surface area contributed by atoms with Crippen molar-refractivity contribution >= 4 is 35.3 Å². The van der Waals surface area contributed by atoms with Gasteiger partial charge in [0.1, 0.15) is 0 Å². The Bertz CT molecular complexity index is 1210. The Morgan fingerprint density at radius 3 is 0.939 bits per heavy atom. The van der Waals surface area contributed by atoms with E-state index >= 15 is 0 Å². The van der Waals surface area contributed by atoms with Crippen molar-refractivity contribution in [3.8, 4) is 0 Å². The van der Waals surface area contributed by atoms with Crippen LogP contribution in [0, 0.1) is 0 Å². The van der Waals surface area contributed by atoms with E-state index in [4.69, 9.17) is 0 Å². The van der Waals surface area contributed by atoms with Crippen LogP contribution in [0.1, 0.15) is 112 Å². The number of aryl methyl sites for hydroxylation is 4. The van der Waals surface area contributed by atoms with Gasteiger partial charge < -0.3 is 0 Å². The number of unbranched alkanes of at least 4 members (excludes halogenated alkanes) is 12. The van der Waals surface area contributed by atoms with E-state index in [1.54, 1.807) is 0 Å². The maximum absolute atomic E-state index is 2.36. The van der Waals surface area contributed by atoms with Gasteiger partial charge in [0.15, 0.2) is 0 Å². The molecular formula is C46H62S3. The molecule has 0 aliphatic carbocycles. The second-order valence-corrected chi connectivity index (χ2v) is 17.1. The molecule has 0 nitrogen and oxygen atoms in total. The zero-order chi connectivity index (χ0) is 33.9. The van der Waals surface area contributed by atoms with Gasteiger partial charge in [0, 0.05) is 21.3 Å². The molecule has 4 aromatic carbocycles. The van der Waals surface area contributed by atoms with Crippen LogP contribution in [0.3, 0.4) is 0 Å². The molecule has 0 saturated carbocycles. The monoisotopic (exact) mass is 710 g/mol. The first-order valence-corrected chi connectivity index (χ1v) is 22.6. The molecule has 0 unspecified atom stereocenters. The Balaban J connectivity index is 0.844. The zero-order valence-electron chi connectivity index (χ0n) is 30.2. The van der Waals surface area contributed by atoms with Gasteiger partial charge in [-0.3, -0.25) is 0 Å². The minimum absolute atomic E-state index is 1.15. The molecule has 0 fully saturated rings. The highest BCUT2D eigenvalue weighted by Crippen LogP contribution is 2.21. The summed E-state index contributed by atoms with van der Waals surface area (Å²) >= 11 is 6.10. The predicted molar refractivity (Wildman–Crippen MR) is 224 cm³/mol. The molecule has 0 saturated heterocycles. The van der Waals surface area contributed by atoms with Crippen molar-refractivity contribution in [3.63, 3.8) is 0 Å². The largest absolute Gasteiger partial charge is 0.162 e. The lowest BCUT2D eigenvalue weighted by atomic mass is 10.0. The molecule has 0 bridgehead atoms. The summed E-state index contributed by atoms with van der Waals surface area (Å²) in [6.07, 6.45) is 24.4. The Morgan fingerprint density at radius 1 is 0.265 bits per heavy atom. The fraction of sp³-hybridized carbons (Fsp3) is 0.478. The maximum atomic E-state index is 2.36. The van der Waals surface area contributed by atoms with Crippen LogP contribution in [0.25, 0.3) is 0 Å². The summed E-state index contributed by atoms with van der Waals surface area (Å²) in [6.45, 7) is 0. The average molecular weight is 711 g/mol. The molecule has 0 aliphatic rings. The molecule has 0 spiro atoms. The first-order valence-electron chi connectivity index (χ1n) is 19.4. The number of rotatable bonds is 28. The first-order chi connectivity index (χ1) is 24.3. The first kappa shape index (κ1) is 39.7. The van der Waals surface area contributed by atoms with Crippen molar-refractivity contribution in [3.05, 3.63) is 131 Å². The molecule has 4 aromatic rings. The van der Waals surface area contributed by atoms with Gasteiger partial charge >= 0.3 is 0 Å². The van der Waals surface area contributed by atoms with Crippen LogP contribution in [0.5, 0.6) is 0 Å². The lowest BCUT2D eigenvalue weighted by Crippen LogP contribution is -1.91. The molecule has 4 rings (SSSR count). The van der Waals surface area contributed by atoms with Crippen molar-refractivity contribution < 1.29 is 0 Å². The van der Waals surface area contributed by atoms with Crippen LogP contribution in [0.15, 0.2) is 119 Å². The smallest absolute Gasteiger partial charge is 0.00720 e. The molecule has 0 atom stereocenters. The van der Waals surface area contributed by atoms with Crippen LogP contribution < -0.4 is 0 Å². The number of hydrogen-bond acceptors (Lipinski definition) is 3. The SMILES string of the molecule is c1ccc(SCCc2ccc(CCCCCCCCCSCCCCCCCCCc3ccc(CCSc4ccccc4)cc3)cc2)cc1. The zero-order valence-corrected chi connectivity index (χ0v) is 32.6. The molecule has 0 heterocycles. The quantitative estimate of drug-likeness (QED) is 0.0425. The molecule has 0 aromatic heterocycles. The van der Waals surface area contributed by atoms with Crippen LogP contribution in [0.2, 0.25) is 0 Å². The summed E-state index contributed by atoms with van der Waals surface area (Å²) in [5.74, 6) is 5.04. The predicted octanol–water partition coefficient (Wildman–Crippen LogP) is 14.3. The summed E-state index contributed by atoms with van der Waals surface area (Å²) in [7, 11) is 0. The topological polar surface area (TPSA) is 0 Å². The maximum Gasteiger partial charge on any atom is 0.00720 e. The van der Waals surface area contributed by atoms with E-state index in [2.05, 4.69) is 121 Å². The van der Waals surface area contributed by atoms with Crippen LogP contribution >= 0.6 is 35.3 Å². The Kier molecular flexibility index (Phi) is 21.6. The van der Waals surface area contributed by atoms with E-state index in [1.165, 1.54) is 146 Å². The minimum Gasteiger partial charge on any atom is -0.162 e. The lowest BCUT2D eigenvalue weighted by Gasteiger charge is -2.06. The van der Waals surface area contributed by atoms with Gasteiger partial charge in [-0.15, -0.1) is 23.5 Å². The van der Waals surface area contributed by atoms with Crippen LogP contribution in [0.4, 0.5) is 0 Å².